The summed E-state index contributed by atoms with van der Waals surface area (Å²) in [4.78, 5) is 41.0. The lowest BCUT2D eigenvalue weighted by Gasteiger charge is -2.28. The molecule has 1 fully saturated rings. The average Bonchev–Trinajstić information content (AvgIpc) is 3.19. The molecule has 8 heteroatoms. The van der Waals surface area contributed by atoms with Crippen molar-refractivity contribution in [3.05, 3.63) is 56.3 Å². The summed E-state index contributed by atoms with van der Waals surface area (Å²) in [5.41, 5.74) is 2.47. The van der Waals surface area contributed by atoms with Crippen molar-refractivity contribution in [2.75, 3.05) is 31.2 Å². The number of hydrogen-bond donors (Lipinski definition) is 0. The number of carbonyl (C=O) groups is 3. The van der Waals surface area contributed by atoms with Crippen LogP contribution in [0.1, 0.15) is 69.1 Å². The largest absolute Gasteiger partial charge is 0.462 e. The van der Waals surface area contributed by atoms with Gasteiger partial charge in [-0.1, -0.05) is 12.1 Å². The first-order chi connectivity index (χ1) is 16.9. The standard InChI is InChI=1S/C27H30N2O5S/c1-4-33-26(31)24-18(3)25(27(32)34-5-2)35-23(24)16-22(30)20(17-28)15-19-9-11-21(12-10-19)29-13-7-6-8-14-29/h9-12,15H,4-8,13-14,16H2,1-3H3. The highest BCUT2D eigenvalue weighted by atomic mass is 32.1. The second-order valence-electron chi connectivity index (χ2n) is 8.20. The van der Waals surface area contributed by atoms with Crippen molar-refractivity contribution in [1.29, 1.82) is 5.26 Å². The third-order valence-corrected chi connectivity index (χ3v) is 7.10. The van der Waals surface area contributed by atoms with Crippen molar-refractivity contribution in [1.82, 2.24) is 0 Å². The Kier molecular flexibility index (Phi) is 9.21. The lowest BCUT2D eigenvalue weighted by atomic mass is 10.0. The smallest absolute Gasteiger partial charge is 0.348 e. The third kappa shape index (κ3) is 6.37. The second-order valence-corrected chi connectivity index (χ2v) is 9.31. The molecule has 35 heavy (non-hydrogen) atoms. The molecule has 0 N–H and O–H groups in total. The van der Waals surface area contributed by atoms with E-state index in [1.807, 2.05) is 30.3 Å². The monoisotopic (exact) mass is 494 g/mol. The lowest BCUT2D eigenvalue weighted by molar-refractivity contribution is -0.114. The van der Waals surface area contributed by atoms with Gasteiger partial charge in [-0.3, -0.25) is 4.79 Å². The fourth-order valence-electron chi connectivity index (χ4n) is 4.08. The molecule has 0 bridgehead atoms. The second kappa shape index (κ2) is 12.3. The van der Waals surface area contributed by atoms with Gasteiger partial charge in [0.05, 0.1) is 24.4 Å². The summed E-state index contributed by atoms with van der Waals surface area (Å²) in [5.74, 6) is -1.59. The van der Waals surface area contributed by atoms with Gasteiger partial charge in [-0.15, -0.1) is 11.3 Å². The van der Waals surface area contributed by atoms with Crippen LogP contribution in [0, 0.1) is 18.3 Å². The number of ketones is 1. The molecule has 3 rings (SSSR count). The number of carbonyl (C=O) groups excluding carboxylic acids is 3. The van der Waals surface area contributed by atoms with Crippen molar-refractivity contribution in [2.24, 2.45) is 0 Å². The van der Waals surface area contributed by atoms with Gasteiger partial charge >= 0.3 is 11.9 Å². The minimum atomic E-state index is -0.601. The van der Waals surface area contributed by atoms with Gasteiger partial charge in [0.15, 0.2) is 5.78 Å². The highest BCUT2D eigenvalue weighted by molar-refractivity contribution is 7.14. The van der Waals surface area contributed by atoms with E-state index in [-0.39, 0.29) is 35.6 Å². The van der Waals surface area contributed by atoms with Crippen molar-refractivity contribution < 1.29 is 23.9 Å². The number of nitriles is 1. The molecule has 184 valence electrons. The van der Waals surface area contributed by atoms with E-state index >= 15 is 0 Å². The first-order valence-corrected chi connectivity index (χ1v) is 12.7. The van der Waals surface area contributed by atoms with Crippen LogP contribution in [0.15, 0.2) is 29.8 Å². The van der Waals surface area contributed by atoms with Crippen molar-refractivity contribution in [3.8, 4) is 6.07 Å². The average molecular weight is 495 g/mol. The van der Waals surface area contributed by atoms with Gasteiger partial charge in [0.1, 0.15) is 10.9 Å². The zero-order valence-corrected chi connectivity index (χ0v) is 21.2. The molecule has 1 aliphatic heterocycles. The number of nitrogens with zero attached hydrogens (tertiary/aromatic N) is 2. The minimum absolute atomic E-state index is 0.0192. The molecule has 2 aromatic rings. The maximum absolute atomic E-state index is 13.1. The van der Waals surface area contributed by atoms with Crippen LogP contribution in [0.25, 0.3) is 6.08 Å². The summed E-state index contributed by atoms with van der Waals surface area (Å²) in [6.45, 7) is 7.43. The van der Waals surface area contributed by atoms with Crippen LogP contribution in [0.2, 0.25) is 0 Å². The first-order valence-electron chi connectivity index (χ1n) is 11.9. The number of benzene rings is 1. The van der Waals surface area contributed by atoms with E-state index in [1.54, 1.807) is 26.8 Å². The van der Waals surface area contributed by atoms with Crippen LogP contribution in [0.4, 0.5) is 5.69 Å². The molecule has 0 atom stereocenters. The zero-order valence-electron chi connectivity index (χ0n) is 20.4. The Labute approximate surface area is 210 Å². The summed E-state index contributed by atoms with van der Waals surface area (Å²) in [5, 5.41) is 9.67. The minimum Gasteiger partial charge on any atom is -0.462 e. The van der Waals surface area contributed by atoms with Crippen LogP contribution >= 0.6 is 11.3 Å². The molecule has 0 unspecified atom stereocenters. The van der Waals surface area contributed by atoms with Crippen molar-refractivity contribution in [2.45, 2.75) is 46.5 Å². The fourth-order valence-corrected chi connectivity index (χ4v) is 5.26. The molecular formula is C27H30N2O5S. The lowest BCUT2D eigenvalue weighted by Crippen LogP contribution is -2.29. The van der Waals surface area contributed by atoms with Gasteiger partial charge in [0, 0.05) is 30.1 Å². The zero-order chi connectivity index (χ0) is 25.4. The molecule has 1 aliphatic rings. The summed E-state index contributed by atoms with van der Waals surface area (Å²) >= 11 is 1.03. The van der Waals surface area contributed by atoms with Crippen LogP contribution in [0.5, 0.6) is 0 Å². The Hall–Kier alpha value is -3.44. The Bertz CT molecular complexity index is 1150. The van der Waals surface area contributed by atoms with E-state index in [4.69, 9.17) is 9.47 Å². The maximum Gasteiger partial charge on any atom is 0.348 e. The van der Waals surface area contributed by atoms with E-state index in [0.29, 0.717) is 10.4 Å². The van der Waals surface area contributed by atoms with Crippen LogP contribution < -0.4 is 4.90 Å². The van der Waals surface area contributed by atoms with Crippen LogP contribution in [0.3, 0.4) is 0 Å². The number of hydrogen-bond acceptors (Lipinski definition) is 8. The first kappa shape index (κ1) is 26.2. The van der Waals surface area contributed by atoms with Gasteiger partial charge in [0.2, 0.25) is 0 Å². The topological polar surface area (TPSA) is 96.7 Å². The number of rotatable bonds is 9. The molecule has 0 amide bonds. The molecule has 0 spiro atoms. The van der Waals surface area contributed by atoms with Gasteiger partial charge in [-0.2, -0.15) is 5.26 Å². The van der Waals surface area contributed by atoms with Crippen LogP contribution in [-0.4, -0.2) is 44.0 Å². The van der Waals surface area contributed by atoms with Gasteiger partial charge in [-0.05, 0) is 69.4 Å². The Morgan fingerprint density at radius 1 is 1.03 bits per heavy atom. The number of Topliss-reactive ketones (excluding diaryl/α,β-unsaturated/α-hetero) is 1. The third-order valence-electron chi connectivity index (χ3n) is 5.83. The number of ether oxygens (including phenoxy) is 2. The predicted molar refractivity (Wildman–Crippen MR) is 136 cm³/mol. The predicted octanol–water partition coefficient (Wildman–Crippen LogP) is 5.12. The molecule has 1 aromatic heterocycles. The van der Waals surface area contributed by atoms with Crippen LogP contribution in [-0.2, 0) is 20.7 Å². The maximum atomic E-state index is 13.1. The van der Waals surface area contributed by atoms with E-state index in [1.165, 1.54) is 19.3 Å². The summed E-state index contributed by atoms with van der Waals surface area (Å²) in [6.07, 6.45) is 4.99. The molecule has 7 nitrogen and oxygen atoms in total. The molecule has 0 radical (unpaired) electrons. The quantitative estimate of drug-likeness (QED) is 0.271. The molecule has 0 saturated carbocycles. The molecule has 1 aromatic carbocycles. The van der Waals surface area contributed by atoms with Crippen molar-refractivity contribution >= 4 is 40.8 Å². The number of anilines is 1. The van der Waals surface area contributed by atoms with E-state index < -0.39 is 17.7 Å². The Morgan fingerprint density at radius 2 is 1.66 bits per heavy atom. The molecule has 1 saturated heterocycles. The molecule has 2 heterocycles. The number of thiophene rings is 1. The molecule has 0 aliphatic carbocycles. The SMILES string of the molecule is CCOC(=O)c1sc(CC(=O)C(C#N)=Cc2ccc(N3CCCCC3)cc2)c(C(=O)OCC)c1C. The highest BCUT2D eigenvalue weighted by Gasteiger charge is 2.28. The summed E-state index contributed by atoms with van der Waals surface area (Å²) < 4.78 is 10.2. The number of allylic oxidation sites excluding steroid dienone is 1. The van der Waals surface area contributed by atoms with Gasteiger partial charge < -0.3 is 14.4 Å². The Morgan fingerprint density at radius 3 is 2.26 bits per heavy atom. The van der Waals surface area contributed by atoms with Crippen molar-refractivity contribution in [3.63, 3.8) is 0 Å². The Balaban J connectivity index is 1.84. The normalized spacial score (nSPS) is 13.8. The van der Waals surface area contributed by atoms with E-state index in [9.17, 15) is 19.6 Å². The fraction of sp³-hybridized carbons (Fsp3) is 0.407. The van der Waals surface area contributed by atoms with Gasteiger partial charge in [-0.25, -0.2) is 9.59 Å². The summed E-state index contributed by atoms with van der Waals surface area (Å²) in [6, 6.07) is 9.78. The summed E-state index contributed by atoms with van der Waals surface area (Å²) in [7, 11) is 0. The van der Waals surface area contributed by atoms with E-state index in [0.717, 1.165) is 35.7 Å². The van der Waals surface area contributed by atoms with E-state index in [2.05, 4.69) is 4.90 Å². The van der Waals surface area contributed by atoms with Gasteiger partial charge in [0.25, 0.3) is 0 Å². The number of piperidine rings is 1. The number of esters is 2. The highest BCUT2D eigenvalue weighted by Crippen LogP contribution is 2.31. The molecular weight excluding hydrogens is 464 g/mol.